The Balaban J connectivity index is -0.00000113. The van der Waals surface area contributed by atoms with Gasteiger partial charge < -0.3 is 26.4 Å². The van der Waals surface area contributed by atoms with Crippen LogP contribution in [0, 0.1) is 0 Å². The minimum absolute atomic E-state index is 0. The van der Waals surface area contributed by atoms with Crippen LogP contribution in [0.25, 0.3) is 0 Å². The molecule has 0 saturated carbocycles. The van der Waals surface area contributed by atoms with Crippen LogP contribution in [0.2, 0.25) is 0 Å². The molecule has 0 amide bonds. The lowest BCUT2D eigenvalue weighted by Gasteiger charge is -2.35. The molecule has 0 aromatic heterocycles. The van der Waals surface area contributed by atoms with Crippen LogP contribution in [-0.4, -0.2) is 51.5 Å². The number of unbranched alkanes of at least 4 members (excludes halogenated alkanes) is 15. The van der Waals surface area contributed by atoms with Gasteiger partial charge in [-0.15, -0.1) is 0 Å². The van der Waals surface area contributed by atoms with Gasteiger partial charge >= 0.3 is 6.16 Å². The second-order valence-corrected chi connectivity index (χ2v) is 9.75. The first-order valence-corrected chi connectivity index (χ1v) is 13.9. The normalized spacial score (nSPS) is 10.7. The summed E-state index contributed by atoms with van der Waals surface area (Å²) in [4.78, 5) is 9.74. The highest BCUT2D eigenvalue weighted by Crippen LogP contribution is 2.16. The Labute approximate surface area is 214 Å². The predicted molar refractivity (Wildman–Crippen MR) is 140 cm³/mol. The zero-order chi connectivity index (χ0) is 24.3. The zero-order valence-electron chi connectivity index (χ0n) is 23.4. The number of halogens is 1. The molecule has 0 atom stereocenters. The average Bonchev–Trinajstić information content (AvgIpc) is 2.80. The third kappa shape index (κ3) is 29.5. The van der Waals surface area contributed by atoms with E-state index in [0.29, 0.717) is 0 Å². The van der Waals surface area contributed by atoms with Gasteiger partial charge in [0.15, 0.2) is 0 Å². The predicted octanol–water partition coefficient (Wildman–Crippen LogP) is 5.92. The van der Waals surface area contributed by atoms with Crippen LogP contribution in [0.3, 0.4) is 0 Å². The van der Waals surface area contributed by atoms with Gasteiger partial charge in [-0.25, -0.2) is 4.79 Å². The van der Waals surface area contributed by atoms with Crippen LogP contribution in [0.15, 0.2) is 0 Å². The van der Waals surface area contributed by atoms with E-state index in [9.17, 15) is 4.79 Å². The van der Waals surface area contributed by atoms with Crippen LogP contribution >= 0.6 is 0 Å². The highest BCUT2D eigenvalue weighted by Gasteiger charge is 2.20. The molecule has 0 unspecified atom stereocenters. The lowest BCUT2D eigenvalue weighted by atomic mass is 10.1. The van der Waals surface area contributed by atoms with Crippen LogP contribution < -0.4 is 12.4 Å². The molecule has 0 heterocycles. The first-order valence-electron chi connectivity index (χ1n) is 13.9. The molecule has 0 radical (unpaired) electrons. The first-order chi connectivity index (χ1) is 15.5. The van der Waals surface area contributed by atoms with Gasteiger partial charge in [0.05, 0.1) is 40.9 Å². The molecule has 0 aliphatic carbocycles. The van der Waals surface area contributed by atoms with Gasteiger partial charge in [-0.2, -0.15) is 0 Å². The van der Waals surface area contributed by atoms with E-state index in [1.807, 2.05) is 0 Å². The summed E-state index contributed by atoms with van der Waals surface area (Å²) in [6.07, 6.45) is 25.2. The van der Waals surface area contributed by atoms with Gasteiger partial charge in [0.2, 0.25) is 0 Å². The number of rotatable bonds is 21. The van der Waals surface area contributed by atoms with E-state index in [4.69, 9.17) is 0 Å². The largest absolute Gasteiger partial charge is 1.00 e. The van der Waals surface area contributed by atoms with E-state index in [2.05, 4.69) is 37.3 Å². The Morgan fingerprint density at radius 3 is 0.970 bits per heavy atom. The second kappa shape index (κ2) is 29.6. The zero-order valence-corrected chi connectivity index (χ0v) is 24.2. The SMILES string of the molecule is CCCCCCCC[N+](C)(CCCCCCCC)CCCCCCCC.COC(=O)OC.[Cl-]. The Morgan fingerprint density at radius 1 is 0.515 bits per heavy atom. The topological polar surface area (TPSA) is 35.5 Å². The van der Waals surface area contributed by atoms with E-state index in [-0.39, 0.29) is 12.4 Å². The monoisotopic (exact) mass is 493 g/mol. The fourth-order valence-corrected chi connectivity index (χ4v) is 4.24. The summed E-state index contributed by atoms with van der Waals surface area (Å²) in [5, 5.41) is 0. The lowest BCUT2D eigenvalue weighted by molar-refractivity contribution is -0.910. The maximum absolute atomic E-state index is 9.74. The van der Waals surface area contributed by atoms with Gasteiger partial charge in [0.25, 0.3) is 0 Å². The molecule has 0 aromatic carbocycles. The highest BCUT2D eigenvalue weighted by molar-refractivity contribution is 5.59. The number of nitrogens with zero attached hydrogens (tertiary/aromatic N) is 1. The molecule has 202 valence electrons. The van der Waals surface area contributed by atoms with Crippen molar-refractivity contribution in [3.05, 3.63) is 0 Å². The number of hydrogen-bond donors (Lipinski definition) is 0. The first kappa shape index (κ1) is 37.1. The molecule has 0 fully saturated rings. The smallest absolute Gasteiger partial charge is 0.507 e. The molecular formula is C28H60ClNO3. The molecule has 0 spiro atoms. The summed E-state index contributed by atoms with van der Waals surface area (Å²) in [5.41, 5.74) is 0. The molecular weight excluding hydrogens is 434 g/mol. The van der Waals surface area contributed by atoms with E-state index in [0.717, 1.165) is 0 Å². The summed E-state index contributed by atoms with van der Waals surface area (Å²) in [6, 6.07) is 0. The maximum Gasteiger partial charge on any atom is 0.507 e. The van der Waals surface area contributed by atoms with Crippen molar-refractivity contribution in [3.63, 3.8) is 0 Å². The van der Waals surface area contributed by atoms with Crippen molar-refractivity contribution in [1.29, 1.82) is 0 Å². The number of carbonyl (C=O) groups is 1. The van der Waals surface area contributed by atoms with Gasteiger partial charge in [-0.1, -0.05) is 97.8 Å². The van der Waals surface area contributed by atoms with Crippen molar-refractivity contribution in [3.8, 4) is 0 Å². The fourth-order valence-electron chi connectivity index (χ4n) is 4.24. The van der Waals surface area contributed by atoms with Crippen molar-refractivity contribution in [2.24, 2.45) is 0 Å². The Kier molecular flexibility index (Phi) is 33.2. The van der Waals surface area contributed by atoms with E-state index >= 15 is 0 Å². The van der Waals surface area contributed by atoms with Gasteiger partial charge in [-0.3, -0.25) is 0 Å². The fraction of sp³-hybridized carbons (Fsp3) is 0.964. The molecule has 0 saturated heterocycles. The summed E-state index contributed by atoms with van der Waals surface area (Å²) in [7, 11) is 5.07. The van der Waals surface area contributed by atoms with Gasteiger partial charge in [0, 0.05) is 0 Å². The lowest BCUT2D eigenvalue weighted by Crippen LogP contribution is -3.00. The van der Waals surface area contributed by atoms with Crippen LogP contribution in [0.1, 0.15) is 136 Å². The minimum atomic E-state index is -0.657. The molecule has 0 N–H and O–H groups in total. The number of quaternary nitrogens is 1. The Bertz CT molecular complexity index is 333. The Morgan fingerprint density at radius 2 is 0.758 bits per heavy atom. The summed E-state index contributed by atoms with van der Waals surface area (Å²) < 4.78 is 9.43. The van der Waals surface area contributed by atoms with Gasteiger partial charge in [0.1, 0.15) is 0 Å². The summed E-state index contributed by atoms with van der Waals surface area (Å²) in [5.74, 6) is 0. The van der Waals surface area contributed by atoms with Crippen LogP contribution in [0.5, 0.6) is 0 Å². The van der Waals surface area contributed by atoms with Crippen LogP contribution in [0.4, 0.5) is 4.79 Å². The standard InChI is InChI=1S/C25H54N.C3H6O3.ClH/c1-5-8-11-14-17-20-23-26(4,24-21-18-15-12-9-6-2)25-22-19-16-13-10-7-3;1-5-3(4)6-2;/h5-25H2,1-4H3;1-2H3;1H/q+1;;/p-1. The van der Waals surface area contributed by atoms with E-state index < -0.39 is 6.16 Å². The number of ether oxygens (including phenoxy) is 2. The van der Waals surface area contributed by atoms with Crippen LogP contribution in [-0.2, 0) is 9.47 Å². The molecule has 0 aliphatic heterocycles. The quantitative estimate of drug-likeness (QED) is 0.113. The number of methoxy groups -OCH3 is 2. The van der Waals surface area contributed by atoms with Crippen molar-refractivity contribution in [2.45, 2.75) is 136 Å². The third-order valence-corrected chi connectivity index (χ3v) is 6.49. The highest BCUT2D eigenvalue weighted by atomic mass is 35.5. The molecule has 0 aromatic rings. The number of hydrogen-bond acceptors (Lipinski definition) is 3. The van der Waals surface area contributed by atoms with Crippen molar-refractivity contribution >= 4 is 6.16 Å². The van der Waals surface area contributed by atoms with Crippen molar-refractivity contribution < 1.29 is 31.2 Å². The van der Waals surface area contributed by atoms with E-state index in [1.54, 1.807) is 0 Å². The average molecular weight is 494 g/mol. The molecule has 0 bridgehead atoms. The molecule has 5 heteroatoms. The summed E-state index contributed by atoms with van der Waals surface area (Å²) >= 11 is 0. The maximum atomic E-state index is 9.74. The molecule has 0 rings (SSSR count). The van der Waals surface area contributed by atoms with Crippen molar-refractivity contribution in [1.82, 2.24) is 0 Å². The molecule has 33 heavy (non-hydrogen) atoms. The van der Waals surface area contributed by atoms with E-state index in [1.165, 1.54) is 154 Å². The van der Waals surface area contributed by atoms with Crippen molar-refractivity contribution in [2.75, 3.05) is 40.9 Å². The third-order valence-electron chi connectivity index (χ3n) is 6.49. The Hall–Kier alpha value is -0.480. The second-order valence-electron chi connectivity index (χ2n) is 9.75. The minimum Gasteiger partial charge on any atom is -1.00 e. The molecule has 0 aliphatic rings. The number of carbonyl (C=O) groups excluding carboxylic acids is 1. The van der Waals surface area contributed by atoms with Gasteiger partial charge in [-0.05, 0) is 38.5 Å². The summed E-state index contributed by atoms with van der Waals surface area (Å²) in [6.45, 7) is 11.2. The molecule has 4 nitrogen and oxygen atoms in total.